The summed E-state index contributed by atoms with van der Waals surface area (Å²) in [4.78, 5) is 24.7. The van der Waals surface area contributed by atoms with Gasteiger partial charge in [-0.2, -0.15) is 0 Å². The molecule has 16 heavy (non-hydrogen) atoms. The van der Waals surface area contributed by atoms with Crippen molar-refractivity contribution in [3.8, 4) is 0 Å². The number of rotatable bonds is 5. The molecule has 1 heterocycles. The van der Waals surface area contributed by atoms with Gasteiger partial charge in [0.1, 0.15) is 5.76 Å². The molecule has 0 atom stereocenters. The minimum atomic E-state index is -0.456. The smallest absolute Gasteiger partial charge is 0.290 e. The van der Waals surface area contributed by atoms with Crippen LogP contribution in [0.25, 0.3) is 0 Å². The highest BCUT2D eigenvalue weighted by Gasteiger charge is 2.14. The van der Waals surface area contributed by atoms with Crippen LogP contribution in [-0.4, -0.2) is 46.9 Å². The van der Waals surface area contributed by atoms with Gasteiger partial charge in [-0.3, -0.25) is 14.5 Å². The minimum Gasteiger partial charge on any atom is -0.395 e. The number of carbonyl (C=O) groups excluding carboxylic acids is 1. The van der Waals surface area contributed by atoms with Gasteiger partial charge in [-0.1, -0.05) is 6.92 Å². The van der Waals surface area contributed by atoms with Crippen LogP contribution in [-0.2, 0) is 0 Å². The molecule has 90 valence electrons. The first-order chi connectivity index (χ1) is 7.58. The second-order valence-electron chi connectivity index (χ2n) is 3.47. The van der Waals surface area contributed by atoms with Crippen molar-refractivity contribution >= 4 is 5.91 Å². The molecule has 1 rings (SSSR count). The average Bonchev–Trinajstić information content (AvgIpc) is 2.57. The summed E-state index contributed by atoms with van der Waals surface area (Å²) in [7, 11) is 0. The molecule has 0 radical (unpaired) electrons. The molecule has 0 bridgehead atoms. The van der Waals surface area contributed by atoms with Crippen LogP contribution in [0.5, 0.6) is 0 Å². The van der Waals surface area contributed by atoms with E-state index >= 15 is 0 Å². The lowest BCUT2D eigenvalue weighted by Crippen LogP contribution is -2.36. The number of carbonyl (C=O) groups is 1. The molecule has 0 aliphatic carbocycles. The van der Waals surface area contributed by atoms with Crippen LogP contribution in [0.15, 0.2) is 15.4 Å². The van der Waals surface area contributed by atoms with Crippen LogP contribution in [0.1, 0.15) is 17.5 Å². The monoisotopic (exact) mass is 228 g/mol. The number of aliphatic hydroxyl groups excluding tert-OH is 1. The molecule has 0 spiro atoms. The van der Waals surface area contributed by atoms with Crippen LogP contribution in [0, 0.1) is 6.92 Å². The zero-order chi connectivity index (χ0) is 12.1. The topological polar surface area (TPSA) is 75.7 Å². The van der Waals surface area contributed by atoms with E-state index in [1.54, 1.807) is 11.8 Å². The van der Waals surface area contributed by atoms with Gasteiger partial charge in [-0.25, -0.2) is 0 Å². The summed E-state index contributed by atoms with van der Waals surface area (Å²) >= 11 is 0. The second-order valence-corrected chi connectivity index (χ2v) is 3.47. The summed E-state index contributed by atoms with van der Waals surface area (Å²) in [5.41, 5.74) is -0.456. The van der Waals surface area contributed by atoms with Gasteiger partial charge in [-0.05, 0) is 13.5 Å². The van der Waals surface area contributed by atoms with Crippen molar-refractivity contribution < 1.29 is 14.4 Å². The van der Waals surface area contributed by atoms with E-state index in [1.165, 1.54) is 6.07 Å². The molecule has 6 heteroatoms. The van der Waals surface area contributed by atoms with Gasteiger partial charge in [0, 0.05) is 12.6 Å². The lowest BCUT2D eigenvalue weighted by molar-refractivity contribution is 0.0705. The normalized spacial score (nSPS) is 11.0. The quantitative estimate of drug-likeness (QED) is 0.749. The molecule has 1 N–H and O–H groups in total. The zero-order valence-electron chi connectivity index (χ0n) is 9.47. The van der Waals surface area contributed by atoms with Gasteiger partial charge in [-0.15, -0.1) is 4.74 Å². The Kier molecular flexibility index (Phi) is 4.45. The molecule has 0 aliphatic heterocycles. The first-order valence-corrected chi connectivity index (χ1v) is 5.15. The van der Waals surface area contributed by atoms with E-state index in [0.29, 0.717) is 18.8 Å². The molecular formula is C10H16N2O4. The lowest BCUT2D eigenvalue weighted by Gasteiger charge is -2.17. The number of aromatic nitrogens is 1. The first kappa shape index (κ1) is 12.7. The molecular weight excluding hydrogens is 212 g/mol. The Labute approximate surface area is 93.0 Å². The van der Waals surface area contributed by atoms with E-state index in [1.807, 2.05) is 6.92 Å². The summed E-state index contributed by atoms with van der Waals surface area (Å²) in [5.74, 6) is -0.0167. The maximum Gasteiger partial charge on any atom is 0.290 e. The Bertz CT molecular complexity index is 407. The van der Waals surface area contributed by atoms with Crippen molar-refractivity contribution in [2.24, 2.45) is 0 Å². The van der Waals surface area contributed by atoms with Crippen LogP contribution in [0.2, 0.25) is 0 Å². The van der Waals surface area contributed by atoms with Gasteiger partial charge in [0.2, 0.25) is 0 Å². The van der Waals surface area contributed by atoms with Crippen molar-refractivity contribution in [3.05, 3.63) is 22.2 Å². The Morgan fingerprint density at radius 2 is 2.31 bits per heavy atom. The Hall–Kier alpha value is -1.40. The van der Waals surface area contributed by atoms with E-state index in [-0.39, 0.29) is 13.2 Å². The molecule has 0 unspecified atom stereocenters. The molecule has 0 fully saturated rings. The van der Waals surface area contributed by atoms with E-state index in [4.69, 9.17) is 9.63 Å². The highest BCUT2D eigenvalue weighted by Crippen LogP contribution is 1.95. The SMILES string of the molecule is CCN(CCO)CC(=O)n1oc(C)cc1=O. The molecule has 6 nitrogen and oxygen atoms in total. The molecule has 0 aromatic carbocycles. The fourth-order valence-electron chi connectivity index (χ4n) is 1.37. The third kappa shape index (κ3) is 3.04. The van der Waals surface area contributed by atoms with Crippen LogP contribution >= 0.6 is 0 Å². The van der Waals surface area contributed by atoms with Crippen LogP contribution < -0.4 is 5.56 Å². The lowest BCUT2D eigenvalue weighted by atomic mass is 10.4. The van der Waals surface area contributed by atoms with Gasteiger partial charge >= 0.3 is 0 Å². The molecule has 1 aromatic heterocycles. The predicted octanol–water partition coefficient (Wildman–Crippen LogP) is -0.296. The van der Waals surface area contributed by atoms with Crippen LogP contribution in [0.3, 0.4) is 0 Å². The number of hydrogen-bond acceptors (Lipinski definition) is 5. The fourth-order valence-corrected chi connectivity index (χ4v) is 1.37. The maximum atomic E-state index is 11.7. The highest BCUT2D eigenvalue weighted by molar-refractivity contribution is 5.79. The number of nitrogens with zero attached hydrogens (tertiary/aromatic N) is 2. The third-order valence-corrected chi connectivity index (χ3v) is 2.21. The number of aryl methyl sites for hydroxylation is 1. The van der Waals surface area contributed by atoms with E-state index < -0.39 is 11.5 Å². The second kappa shape index (κ2) is 5.62. The fraction of sp³-hybridized carbons (Fsp3) is 0.600. The Balaban J connectivity index is 2.71. The summed E-state index contributed by atoms with van der Waals surface area (Å²) in [5, 5.41) is 8.77. The number of likely N-dealkylation sites (N-methyl/N-ethyl adjacent to an activating group) is 1. The predicted molar refractivity (Wildman–Crippen MR) is 57.5 cm³/mol. The summed E-state index contributed by atoms with van der Waals surface area (Å²) in [6.45, 7) is 4.55. The highest BCUT2D eigenvalue weighted by atomic mass is 16.5. The van der Waals surface area contributed by atoms with Gasteiger partial charge in [0.25, 0.3) is 11.5 Å². The number of aliphatic hydroxyl groups is 1. The number of hydrogen-bond donors (Lipinski definition) is 1. The molecule has 1 aromatic rings. The summed E-state index contributed by atoms with van der Waals surface area (Å²) < 4.78 is 5.71. The molecule has 0 saturated carbocycles. The zero-order valence-corrected chi connectivity index (χ0v) is 9.47. The average molecular weight is 228 g/mol. The van der Waals surface area contributed by atoms with Crippen molar-refractivity contribution in [3.63, 3.8) is 0 Å². The van der Waals surface area contributed by atoms with Crippen molar-refractivity contribution in [2.75, 3.05) is 26.2 Å². The van der Waals surface area contributed by atoms with Gasteiger partial charge < -0.3 is 9.63 Å². The molecule has 0 saturated heterocycles. The van der Waals surface area contributed by atoms with E-state index in [2.05, 4.69) is 0 Å². The maximum absolute atomic E-state index is 11.7. The van der Waals surface area contributed by atoms with Crippen molar-refractivity contribution in [2.45, 2.75) is 13.8 Å². The Morgan fingerprint density at radius 1 is 1.62 bits per heavy atom. The van der Waals surface area contributed by atoms with Gasteiger partial charge in [0.05, 0.1) is 13.2 Å². The Morgan fingerprint density at radius 3 is 2.75 bits per heavy atom. The van der Waals surface area contributed by atoms with Crippen LogP contribution in [0.4, 0.5) is 0 Å². The van der Waals surface area contributed by atoms with Crippen molar-refractivity contribution in [1.82, 2.24) is 9.64 Å². The third-order valence-electron chi connectivity index (χ3n) is 2.21. The van der Waals surface area contributed by atoms with E-state index in [0.717, 1.165) is 4.74 Å². The first-order valence-electron chi connectivity index (χ1n) is 5.15. The standard InChI is InChI=1S/C10H16N2O4/c1-3-11(4-5-13)7-10(15)12-9(14)6-8(2)16-12/h6,13H,3-5,7H2,1-2H3. The minimum absolute atomic E-state index is 0.0206. The largest absolute Gasteiger partial charge is 0.395 e. The van der Waals surface area contributed by atoms with Crippen molar-refractivity contribution in [1.29, 1.82) is 0 Å². The molecule has 0 aliphatic rings. The van der Waals surface area contributed by atoms with Gasteiger partial charge in [0.15, 0.2) is 0 Å². The molecule has 0 amide bonds. The summed E-state index contributed by atoms with van der Waals surface area (Å²) in [6.07, 6.45) is 0. The summed E-state index contributed by atoms with van der Waals surface area (Å²) in [6, 6.07) is 1.26. The van der Waals surface area contributed by atoms with E-state index in [9.17, 15) is 9.59 Å².